The Labute approximate surface area is 140 Å². The molecule has 0 unspecified atom stereocenters. The van der Waals surface area contributed by atoms with Gasteiger partial charge in [-0.2, -0.15) is 4.57 Å². The van der Waals surface area contributed by atoms with Gasteiger partial charge in [-0.15, -0.1) is 0 Å². The molecule has 0 amide bonds. The molecule has 1 aliphatic rings. The van der Waals surface area contributed by atoms with E-state index in [2.05, 4.69) is 90.4 Å². The van der Waals surface area contributed by atoms with E-state index in [0.717, 1.165) is 0 Å². The van der Waals surface area contributed by atoms with Crippen molar-refractivity contribution < 1.29 is 17.8 Å². The molecule has 1 aromatic heterocycles. The summed E-state index contributed by atoms with van der Waals surface area (Å²) in [5, 5.41) is 0. The first-order valence-corrected chi connectivity index (χ1v) is 23.2. The van der Waals surface area contributed by atoms with Crippen LogP contribution in [0.25, 0.3) is 10.2 Å². The molecule has 1 aromatic carbocycles. The molecule has 1 aliphatic heterocycles. The minimum absolute atomic E-state index is 0.530. The molecule has 2 aromatic rings. The number of aromatic nitrogens is 1. The van der Waals surface area contributed by atoms with Gasteiger partial charge in [0.25, 0.3) is 4.34 Å². The molecule has 1 nitrogen and oxygen atoms in total. The molecule has 0 fully saturated rings. The second-order valence-electron chi connectivity index (χ2n) is 4.34. The number of benzene rings is 1. The van der Waals surface area contributed by atoms with Crippen LogP contribution in [-0.4, -0.2) is 7.22 Å². The Hall–Kier alpha value is 1.87. The minimum atomic E-state index is -1.02. The average Bonchev–Trinajstić information content (AvgIpc) is 2.71. The molecule has 0 spiro atoms. The first-order chi connectivity index (χ1) is 8.07. The summed E-state index contributed by atoms with van der Waals surface area (Å²) < 4.78 is 5.46. The van der Waals surface area contributed by atoms with Gasteiger partial charge < -0.3 is 0 Å². The van der Waals surface area contributed by atoms with Gasteiger partial charge in [-0.3, -0.25) is 0 Å². The van der Waals surface area contributed by atoms with E-state index in [4.69, 9.17) is 0 Å². The van der Waals surface area contributed by atoms with Crippen LogP contribution in [0.1, 0.15) is 0 Å². The van der Waals surface area contributed by atoms with Crippen LogP contribution in [-0.2, 0) is 6.17 Å². The van der Waals surface area contributed by atoms with Gasteiger partial charge in [0, 0.05) is 6.07 Å². The summed E-state index contributed by atoms with van der Waals surface area (Å²) in [6.07, 6.45) is 1.27. The molecule has 0 atom stereocenters. The van der Waals surface area contributed by atoms with E-state index in [-0.39, 0.29) is 0 Å². The Morgan fingerprint density at radius 1 is 1.29 bits per heavy atom. The molecule has 17 heavy (non-hydrogen) atoms. The van der Waals surface area contributed by atoms with Crippen LogP contribution in [0.2, 0.25) is 13.1 Å². The summed E-state index contributed by atoms with van der Waals surface area (Å²) in [4.78, 5) is 0. The fourth-order valence-electron chi connectivity index (χ4n) is 1.89. The number of hydrogen-bond acceptors (Lipinski definition) is 2. The summed E-state index contributed by atoms with van der Waals surface area (Å²) in [6, 6.07) is 8.73. The van der Waals surface area contributed by atoms with Crippen molar-refractivity contribution in [3.05, 3.63) is 24.3 Å². The molecule has 94 valence electrons. The van der Waals surface area contributed by atoms with Crippen LogP contribution in [0, 0.1) is 0 Å². The van der Waals surface area contributed by atoms with Gasteiger partial charge in [-0.1, -0.05) is 47.8 Å². The van der Waals surface area contributed by atoms with Crippen molar-refractivity contribution in [1.82, 2.24) is 0 Å². The molecule has 0 saturated carbocycles. The van der Waals surface area contributed by atoms with Gasteiger partial charge in [-0.05, 0) is 6.07 Å². The summed E-state index contributed by atoms with van der Waals surface area (Å²) in [7, 11) is -1.02. The van der Waals surface area contributed by atoms with Gasteiger partial charge in [0.2, 0.25) is 12.7 Å². The predicted octanol–water partition coefficient (Wildman–Crippen LogP) is 1.81. The average molecular weight is 619 g/mol. The zero-order chi connectivity index (χ0) is 12.5. The number of fused-ring (bicyclic) bond motifs is 3. The molecular formula is C10H12I3NS2Si. The predicted molar refractivity (Wildman–Crippen MR) is 93.4 cm³/mol. The molecule has 3 rings (SSSR count). The van der Waals surface area contributed by atoms with Crippen molar-refractivity contribution in [3.8, 4) is 0 Å². The summed E-state index contributed by atoms with van der Waals surface area (Å²) in [6.45, 7) is 4.90. The van der Waals surface area contributed by atoms with Crippen molar-refractivity contribution in [2.45, 2.75) is 23.6 Å². The van der Waals surface area contributed by atoms with E-state index in [1.807, 2.05) is 11.3 Å². The van der Waals surface area contributed by atoms with Crippen molar-refractivity contribution in [3.63, 3.8) is 0 Å². The van der Waals surface area contributed by atoms with E-state index in [1.165, 1.54) is 20.7 Å². The molecule has 7 heteroatoms. The second-order valence-corrected chi connectivity index (χ2v) is 30.2. The molecule has 0 aliphatic carbocycles. The quantitative estimate of drug-likeness (QED) is 0.248. The number of rotatable bonds is 0. The Morgan fingerprint density at radius 3 is 2.65 bits per heavy atom. The van der Waals surface area contributed by atoms with E-state index in [1.54, 1.807) is 0 Å². The Balaban J connectivity index is 0.000000329. The number of halogens is 3. The number of nitrogens with zero attached hydrogens (tertiary/aromatic N) is 1. The molecule has 0 N–H and O–H groups in total. The number of para-hydroxylation sites is 1. The van der Waals surface area contributed by atoms with Crippen LogP contribution in [0.4, 0.5) is 0 Å². The van der Waals surface area contributed by atoms with Crippen molar-refractivity contribution in [2.75, 3.05) is 0 Å². The molecule has 2 heterocycles. The zero-order valence-corrected chi connectivity index (χ0v) is 18.5. The van der Waals surface area contributed by atoms with Crippen LogP contribution in [0.15, 0.2) is 28.6 Å². The Kier molecular flexibility index (Phi) is 5.88. The van der Waals surface area contributed by atoms with Crippen LogP contribution in [0.3, 0.4) is 0 Å². The topological polar surface area (TPSA) is 3.88 Å². The maximum absolute atomic E-state index is 2.51. The van der Waals surface area contributed by atoms with Gasteiger partial charge in [0.15, 0.2) is 0 Å². The van der Waals surface area contributed by atoms with Gasteiger partial charge >= 0.3 is 50.5 Å². The van der Waals surface area contributed by atoms with E-state index in [0.29, 0.717) is 13.3 Å². The first-order valence-electron chi connectivity index (χ1n) is 5.05. The van der Waals surface area contributed by atoms with E-state index in [9.17, 15) is 0 Å². The third kappa shape index (κ3) is 3.70. The van der Waals surface area contributed by atoms with Crippen molar-refractivity contribution in [2.24, 2.45) is 0 Å². The molecule has 0 radical (unpaired) electrons. The van der Waals surface area contributed by atoms with Crippen LogP contribution in [0.5, 0.6) is 0 Å². The zero-order valence-electron chi connectivity index (χ0n) is 9.41. The normalized spacial score (nSPS) is 16.7. The van der Waals surface area contributed by atoms with E-state index >= 15 is 0 Å². The van der Waals surface area contributed by atoms with E-state index < -0.39 is 7.22 Å². The summed E-state index contributed by atoms with van der Waals surface area (Å²) >= 11 is 9.39. The fourth-order valence-corrected chi connectivity index (χ4v) is 10.1. The van der Waals surface area contributed by atoms with Crippen molar-refractivity contribution >= 4 is 77.2 Å². The molecular weight excluding hydrogens is 607 g/mol. The summed E-state index contributed by atoms with van der Waals surface area (Å²) in [5.74, 6) is 0. The Bertz CT molecular complexity index is 529. The fraction of sp³-hybridized carbons (Fsp3) is 0.300. The second kappa shape index (κ2) is 6.55. The van der Waals surface area contributed by atoms with Gasteiger partial charge in [0.1, 0.15) is 10.9 Å². The van der Waals surface area contributed by atoms with Crippen molar-refractivity contribution in [1.29, 1.82) is 0 Å². The van der Waals surface area contributed by atoms with Crippen LogP contribution < -0.4 is 17.8 Å². The third-order valence-electron chi connectivity index (χ3n) is 2.48. The SMILES string of the molecule is C[Si]1(C)C[n+]2c(sc3ccccc32)S1.I[I-]I. The Morgan fingerprint density at radius 2 is 1.94 bits per heavy atom. The monoisotopic (exact) mass is 619 g/mol. The van der Waals surface area contributed by atoms with Crippen LogP contribution >= 0.6 is 59.8 Å². The number of hydrogen-bond donors (Lipinski definition) is 0. The van der Waals surface area contributed by atoms with Gasteiger partial charge in [-0.25, -0.2) is 0 Å². The first kappa shape index (κ1) is 15.3. The molecule has 0 bridgehead atoms. The summed E-state index contributed by atoms with van der Waals surface area (Å²) in [5.41, 5.74) is 1.43. The number of thiazole rings is 1. The third-order valence-corrected chi connectivity index (χ3v) is 9.03. The maximum atomic E-state index is 2.51. The van der Waals surface area contributed by atoms with Gasteiger partial charge in [0.05, 0.1) is 0 Å². The molecule has 0 saturated heterocycles. The standard InChI is InChI=1S/C10H12NS2Si.I3/c1-14(2)7-11-8-5-3-4-6-9(8)12-10(11)13-14;1-3-2/h3-6H,7H2,1-2H3;/q+1;-1.